The van der Waals surface area contributed by atoms with Crippen LogP contribution in [0.2, 0.25) is 8.35 Å². The summed E-state index contributed by atoms with van der Waals surface area (Å²) in [6.45, 7) is 15.1. The van der Waals surface area contributed by atoms with Gasteiger partial charge in [-0.3, -0.25) is 0 Å². The molecule has 1 heterocycles. The van der Waals surface area contributed by atoms with Crippen molar-refractivity contribution in [2.75, 3.05) is 0 Å². The predicted molar refractivity (Wildman–Crippen MR) is 181 cm³/mol. The molecule has 3 aliphatic rings. The number of allylic oxidation sites excluding steroid dienone is 4. The van der Waals surface area contributed by atoms with Crippen molar-refractivity contribution in [3.05, 3.63) is 106 Å². The van der Waals surface area contributed by atoms with Gasteiger partial charge in [0.05, 0.1) is 0 Å². The molecular weight excluding hydrogens is 671 g/mol. The Labute approximate surface area is 258 Å². The third kappa shape index (κ3) is 3.81. The van der Waals surface area contributed by atoms with Crippen LogP contribution in [-0.2, 0) is 20.0 Å². The zero-order valence-corrected chi connectivity index (χ0v) is 30.3. The van der Waals surface area contributed by atoms with Gasteiger partial charge in [0.25, 0.3) is 0 Å². The Morgan fingerprint density at radius 1 is 0.571 bits per heavy atom. The molecular formula is C41H48Hf. The maximum absolute atomic E-state index is 3.32. The zero-order valence-electron chi connectivity index (χ0n) is 26.7. The van der Waals surface area contributed by atoms with Crippen LogP contribution >= 0.6 is 0 Å². The fourth-order valence-electron chi connectivity index (χ4n) is 10.1. The van der Waals surface area contributed by atoms with E-state index in [4.69, 9.17) is 0 Å². The molecule has 0 nitrogen and oxygen atoms in total. The minimum absolute atomic E-state index is 0.0482. The van der Waals surface area contributed by atoms with E-state index in [1.165, 1.54) is 68.4 Å². The van der Waals surface area contributed by atoms with Crippen LogP contribution in [0.5, 0.6) is 0 Å². The molecule has 2 atom stereocenters. The summed E-state index contributed by atoms with van der Waals surface area (Å²) in [6.07, 6.45) is 7.78. The van der Waals surface area contributed by atoms with Gasteiger partial charge >= 0.3 is 260 Å². The molecule has 2 unspecified atom stereocenters. The van der Waals surface area contributed by atoms with Crippen molar-refractivity contribution in [1.82, 2.24) is 0 Å². The number of hydrogen-bond acceptors (Lipinski definition) is 0. The molecule has 1 aliphatic heterocycles. The summed E-state index contributed by atoms with van der Waals surface area (Å²) in [7, 11) is 0. The summed E-state index contributed by atoms with van der Waals surface area (Å²) in [5.74, 6) is 0. The van der Waals surface area contributed by atoms with Gasteiger partial charge in [0.15, 0.2) is 0 Å². The van der Waals surface area contributed by atoms with E-state index in [2.05, 4.69) is 114 Å². The molecule has 216 valence electrons. The van der Waals surface area contributed by atoms with Gasteiger partial charge in [-0.1, -0.05) is 0 Å². The average Bonchev–Trinajstić information content (AvgIpc) is 3.57. The molecule has 2 aliphatic carbocycles. The fourth-order valence-corrected chi connectivity index (χ4v) is 37.3. The van der Waals surface area contributed by atoms with Crippen molar-refractivity contribution in [1.29, 1.82) is 0 Å². The van der Waals surface area contributed by atoms with E-state index in [0.29, 0.717) is 7.35 Å². The van der Waals surface area contributed by atoms with E-state index < -0.39 is 20.0 Å². The third-order valence-electron chi connectivity index (χ3n) is 11.5. The molecule has 0 saturated heterocycles. The van der Waals surface area contributed by atoms with Gasteiger partial charge in [-0.2, -0.15) is 0 Å². The Bertz CT molecular complexity index is 1630. The Morgan fingerprint density at radius 3 is 1.40 bits per heavy atom. The van der Waals surface area contributed by atoms with Crippen LogP contribution in [-0.4, -0.2) is 0 Å². The third-order valence-corrected chi connectivity index (χ3v) is 33.8. The topological polar surface area (TPSA) is 0 Å². The zero-order chi connectivity index (χ0) is 29.2. The first-order chi connectivity index (χ1) is 20.4. The molecule has 0 aromatic heterocycles. The molecule has 0 saturated carbocycles. The molecule has 42 heavy (non-hydrogen) atoms. The first-order valence-electron chi connectivity index (χ1n) is 17.0. The van der Waals surface area contributed by atoms with Crippen molar-refractivity contribution in [3.8, 4) is 0 Å². The normalized spacial score (nSPS) is 21.6. The Morgan fingerprint density at radius 2 is 1.00 bits per heavy atom. The summed E-state index contributed by atoms with van der Waals surface area (Å²) in [4.78, 5) is 0. The van der Waals surface area contributed by atoms with Gasteiger partial charge in [0.1, 0.15) is 0 Å². The van der Waals surface area contributed by atoms with E-state index in [-0.39, 0.29) is 5.41 Å². The molecule has 0 radical (unpaired) electrons. The minimum atomic E-state index is -3.32. The molecule has 0 fully saturated rings. The second kappa shape index (κ2) is 10.7. The van der Waals surface area contributed by atoms with Crippen LogP contribution in [0.25, 0.3) is 32.7 Å². The van der Waals surface area contributed by atoms with Crippen LogP contribution in [0.3, 0.4) is 0 Å². The molecule has 4 bridgehead atoms. The van der Waals surface area contributed by atoms with Gasteiger partial charge < -0.3 is 0 Å². The van der Waals surface area contributed by atoms with E-state index in [1.54, 1.807) is 33.4 Å². The number of hydrogen-bond donors (Lipinski definition) is 0. The number of rotatable bonds is 8. The second-order valence-electron chi connectivity index (χ2n) is 13.9. The quantitative estimate of drug-likeness (QED) is 0.159. The van der Waals surface area contributed by atoms with Gasteiger partial charge in [-0.05, 0) is 0 Å². The fraction of sp³-hybridized carbons (Fsp3) is 0.415. The van der Waals surface area contributed by atoms with Gasteiger partial charge in [0, 0.05) is 0 Å². The van der Waals surface area contributed by atoms with Crippen molar-refractivity contribution in [2.24, 2.45) is 5.41 Å². The standard InChI is InChI=1S/C33H30.2C4H9.Hf/c1-5-21-19-25-17-15-23-11-7-9-13-27(23)29(25)31(21)33(3,4)32-22(6-2)20-26-18-16-24-12-8-10-14-28(24)30(26)32;2*1-3-4-2;/h7-20H,5-6H2,1-4H3;2*1,3-4H2,2H3;. The van der Waals surface area contributed by atoms with Crippen LogP contribution in [0.1, 0.15) is 110 Å². The summed E-state index contributed by atoms with van der Waals surface area (Å²) in [6, 6.07) is 28.7. The summed E-state index contributed by atoms with van der Waals surface area (Å²) < 4.78 is 4.43. The Balaban J connectivity index is 1.68. The summed E-state index contributed by atoms with van der Waals surface area (Å²) in [5, 5.41) is 5.80. The van der Waals surface area contributed by atoms with Crippen LogP contribution in [0.4, 0.5) is 0 Å². The maximum atomic E-state index is 2.62. The van der Waals surface area contributed by atoms with E-state index in [1.807, 2.05) is 11.1 Å². The van der Waals surface area contributed by atoms with Crippen molar-refractivity contribution in [2.45, 2.75) is 95.8 Å². The molecule has 4 aromatic carbocycles. The molecule has 0 N–H and O–H groups in total. The van der Waals surface area contributed by atoms with Gasteiger partial charge in [-0.15, -0.1) is 0 Å². The first kappa shape index (κ1) is 28.5. The van der Waals surface area contributed by atoms with E-state index in [0.717, 1.165) is 0 Å². The molecule has 7 rings (SSSR count). The SMILES string of the molecule is CCC[CH2][Hf]1([CH2]CCC)[CH]2C(CC)=C(c3c2ccc2ccccc32)C(C)(C)C2=C(CC)[CH]1c1ccc3ccccc3c12. The van der Waals surface area contributed by atoms with Crippen molar-refractivity contribution in [3.63, 3.8) is 0 Å². The van der Waals surface area contributed by atoms with Gasteiger partial charge in [-0.25, -0.2) is 0 Å². The molecule has 0 spiro atoms. The van der Waals surface area contributed by atoms with Crippen LogP contribution < -0.4 is 0 Å². The number of fused-ring (bicyclic) bond motifs is 12. The summed E-state index contributed by atoms with van der Waals surface area (Å²) in [5.41, 5.74) is 13.8. The van der Waals surface area contributed by atoms with E-state index >= 15 is 0 Å². The first-order valence-corrected chi connectivity index (χ1v) is 26.2. The predicted octanol–water partition coefficient (Wildman–Crippen LogP) is 12.8. The molecule has 0 amide bonds. The number of benzene rings is 4. The Hall–Kier alpha value is -2.25. The average molecular weight is 719 g/mol. The van der Waals surface area contributed by atoms with Crippen molar-refractivity contribution >= 4 is 32.7 Å². The van der Waals surface area contributed by atoms with Gasteiger partial charge in [0.2, 0.25) is 0 Å². The van der Waals surface area contributed by atoms with E-state index in [9.17, 15) is 0 Å². The van der Waals surface area contributed by atoms with Crippen LogP contribution in [0, 0.1) is 5.41 Å². The Kier molecular flexibility index (Phi) is 7.28. The second-order valence-corrected chi connectivity index (χ2v) is 30.5. The summed E-state index contributed by atoms with van der Waals surface area (Å²) >= 11 is -3.32. The molecule has 4 aromatic rings. The monoisotopic (exact) mass is 720 g/mol. The number of unbranched alkanes of at least 4 members (excludes halogenated alkanes) is 2. The molecule has 1 heteroatoms. The van der Waals surface area contributed by atoms with Crippen LogP contribution in [0.15, 0.2) is 83.9 Å². The van der Waals surface area contributed by atoms with Crippen molar-refractivity contribution < 1.29 is 20.0 Å².